The van der Waals surface area contributed by atoms with Gasteiger partial charge in [0.15, 0.2) is 5.82 Å². The number of rotatable bonds is 4. The van der Waals surface area contributed by atoms with Crippen molar-refractivity contribution in [3.8, 4) is 39.6 Å². The molecule has 0 unspecified atom stereocenters. The van der Waals surface area contributed by atoms with Crippen LogP contribution in [0.25, 0.3) is 80.2 Å². The lowest BCUT2D eigenvalue weighted by Crippen LogP contribution is -1.96. The Labute approximate surface area is 256 Å². The first-order valence-corrected chi connectivity index (χ1v) is 15.9. The van der Waals surface area contributed by atoms with Crippen LogP contribution in [-0.2, 0) is 0 Å². The van der Waals surface area contributed by atoms with Gasteiger partial charge >= 0.3 is 0 Å². The summed E-state index contributed by atoms with van der Waals surface area (Å²) in [6, 6.07) is 49.0. The van der Waals surface area contributed by atoms with E-state index < -0.39 is 0 Å². The van der Waals surface area contributed by atoms with E-state index in [1.54, 1.807) is 0 Å². The van der Waals surface area contributed by atoms with Gasteiger partial charge in [-0.05, 0) is 36.4 Å². The van der Waals surface area contributed by atoms with Gasteiger partial charge < -0.3 is 4.57 Å². The number of para-hydroxylation sites is 1. The van der Waals surface area contributed by atoms with Crippen LogP contribution < -0.4 is 0 Å². The summed E-state index contributed by atoms with van der Waals surface area (Å²) in [7, 11) is 0. The molecule has 4 aromatic heterocycles. The van der Waals surface area contributed by atoms with E-state index in [0.717, 1.165) is 33.9 Å². The van der Waals surface area contributed by atoms with Crippen molar-refractivity contribution < 1.29 is 0 Å². The molecule has 0 aliphatic heterocycles. The molecule has 0 aliphatic carbocycles. The summed E-state index contributed by atoms with van der Waals surface area (Å²) >= 11 is 3.79. The summed E-state index contributed by atoms with van der Waals surface area (Å²) in [6.07, 6.45) is 0. The summed E-state index contributed by atoms with van der Waals surface area (Å²) in [4.78, 5) is 10.1. The molecule has 0 atom stereocenters. The van der Waals surface area contributed by atoms with Crippen molar-refractivity contribution in [2.45, 2.75) is 0 Å². The third-order valence-electron chi connectivity index (χ3n) is 8.05. The second-order valence-corrected chi connectivity index (χ2v) is 13.0. The maximum absolute atomic E-state index is 5.11. The van der Waals surface area contributed by atoms with Crippen LogP contribution in [0, 0.1) is 0 Å². The Kier molecular flexibility index (Phi) is 5.54. The molecule has 9 aromatic rings. The van der Waals surface area contributed by atoms with E-state index in [-0.39, 0.29) is 0 Å². The van der Waals surface area contributed by atoms with E-state index in [1.807, 2.05) is 46.9 Å². The van der Waals surface area contributed by atoms with Gasteiger partial charge in [0, 0.05) is 43.2 Å². The van der Waals surface area contributed by atoms with Gasteiger partial charge in [-0.15, -0.1) is 22.7 Å². The Morgan fingerprint density at radius 1 is 0.512 bits per heavy atom. The van der Waals surface area contributed by atoms with Crippen LogP contribution in [0.5, 0.6) is 0 Å². The maximum Gasteiger partial charge on any atom is 0.160 e. The number of hydrogen-bond acceptors (Lipinski definition) is 4. The summed E-state index contributed by atoms with van der Waals surface area (Å²) in [6.45, 7) is 0. The minimum absolute atomic E-state index is 0.729. The van der Waals surface area contributed by atoms with E-state index in [2.05, 4.69) is 120 Å². The molecule has 5 heteroatoms. The standard InChI is InChI=1S/C38H23N3S2/c1-4-12-24(13-5-1)30-23-31(40-37(39-30)25-14-6-2-7-15-25)26-20-21-32-29(22-26)36-35(41(32)27-16-8-3-9-17-27)34-28-18-10-11-19-33(28)42-38(34)43-36/h1-23H. The lowest BCUT2D eigenvalue weighted by atomic mass is 10.1. The fraction of sp³-hybridized carbons (Fsp3) is 0. The Hall–Kier alpha value is -5.10. The van der Waals surface area contributed by atoms with Crippen molar-refractivity contribution in [1.29, 1.82) is 0 Å². The van der Waals surface area contributed by atoms with E-state index in [9.17, 15) is 0 Å². The Bertz CT molecular complexity index is 2380. The van der Waals surface area contributed by atoms with Crippen molar-refractivity contribution in [1.82, 2.24) is 14.5 Å². The number of hydrogen-bond donors (Lipinski definition) is 0. The zero-order chi connectivity index (χ0) is 28.3. The van der Waals surface area contributed by atoms with Crippen LogP contribution in [0.15, 0.2) is 140 Å². The first-order valence-electron chi connectivity index (χ1n) is 14.3. The molecule has 0 saturated heterocycles. The molecule has 3 nitrogen and oxygen atoms in total. The minimum atomic E-state index is 0.729. The Morgan fingerprint density at radius 2 is 1.16 bits per heavy atom. The molecule has 0 amide bonds. The van der Waals surface area contributed by atoms with Crippen molar-refractivity contribution in [3.05, 3.63) is 140 Å². The monoisotopic (exact) mass is 585 g/mol. The van der Waals surface area contributed by atoms with Crippen LogP contribution in [0.4, 0.5) is 0 Å². The highest BCUT2D eigenvalue weighted by Gasteiger charge is 2.22. The zero-order valence-corrected chi connectivity index (χ0v) is 24.6. The highest BCUT2D eigenvalue weighted by molar-refractivity contribution is 7.45. The number of benzene rings is 5. The van der Waals surface area contributed by atoms with Gasteiger partial charge in [-0.25, -0.2) is 9.97 Å². The van der Waals surface area contributed by atoms with E-state index in [0.29, 0.717) is 0 Å². The normalized spacial score (nSPS) is 11.7. The highest BCUT2D eigenvalue weighted by atomic mass is 32.2. The van der Waals surface area contributed by atoms with E-state index >= 15 is 0 Å². The molecular weight excluding hydrogens is 563 g/mol. The number of aromatic nitrogens is 3. The van der Waals surface area contributed by atoms with Gasteiger partial charge in [0.05, 0.1) is 31.1 Å². The van der Waals surface area contributed by atoms with Crippen LogP contribution in [0.2, 0.25) is 0 Å². The van der Waals surface area contributed by atoms with Gasteiger partial charge in [0.1, 0.15) is 0 Å². The van der Waals surface area contributed by atoms with Gasteiger partial charge in [0.25, 0.3) is 0 Å². The van der Waals surface area contributed by atoms with Crippen LogP contribution >= 0.6 is 22.7 Å². The summed E-state index contributed by atoms with van der Waals surface area (Å²) < 4.78 is 6.45. The second-order valence-electron chi connectivity index (χ2n) is 10.6. The molecule has 9 rings (SSSR count). The predicted octanol–water partition coefficient (Wildman–Crippen LogP) is 11.0. The first kappa shape index (κ1) is 24.5. The molecule has 0 saturated carbocycles. The predicted molar refractivity (Wildman–Crippen MR) is 183 cm³/mol. The molecule has 0 N–H and O–H groups in total. The lowest BCUT2D eigenvalue weighted by Gasteiger charge is -2.10. The average Bonchev–Trinajstić information content (AvgIpc) is 3.72. The summed E-state index contributed by atoms with van der Waals surface area (Å²) in [5.41, 5.74) is 8.65. The molecular formula is C38H23N3S2. The van der Waals surface area contributed by atoms with Gasteiger partial charge in [-0.2, -0.15) is 0 Å². The third kappa shape index (κ3) is 3.93. The van der Waals surface area contributed by atoms with E-state index in [4.69, 9.17) is 9.97 Å². The lowest BCUT2D eigenvalue weighted by molar-refractivity contribution is 1.18. The number of thiophene rings is 2. The van der Waals surface area contributed by atoms with Crippen molar-refractivity contribution in [2.75, 3.05) is 0 Å². The van der Waals surface area contributed by atoms with E-state index in [1.165, 1.54) is 46.3 Å². The molecule has 0 spiro atoms. The topological polar surface area (TPSA) is 30.7 Å². The van der Waals surface area contributed by atoms with Crippen molar-refractivity contribution in [2.24, 2.45) is 0 Å². The molecule has 43 heavy (non-hydrogen) atoms. The molecule has 0 bridgehead atoms. The average molecular weight is 586 g/mol. The van der Waals surface area contributed by atoms with Crippen LogP contribution in [-0.4, -0.2) is 14.5 Å². The van der Waals surface area contributed by atoms with Crippen molar-refractivity contribution in [3.63, 3.8) is 0 Å². The molecule has 5 aromatic carbocycles. The van der Waals surface area contributed by atoms with Crippen LogP contribution in [0.3, 0.4) is 0 Å². The number of fused-ring (bicyclic) bond motifs is 7. The quantitative estimate of drug-likeness (QED) is 0.206. The maximum atomic E-state index is 5.11. The fourth-order valence-electron chi connectivity index (χ4n) is 6.08. The summed E-state index contributed by atoms with van der Waals surface area (Å²) in [5.74, 6) is 0.729. The molecule has 0 fully saturated rings. The van der Waals surface area contributed by atoms with Crippen molar-refractivity contribution >= 4 is 63.3 Å². The smallest absolute Gasteiger partial charge is 0.160 e. The molecule has 4 heterocycles. The Balaban J connectivity index is 1.33. The van der Waals surface area contributed by atoms with Crippen LogP contribution in [0.1, 0.15) is 0 Å². The molecule has 0 aliphatic rings. The van der Waals surface area contributed by atoms with Gasteiger partial charge in [0.2, 0.25) is 0 Å². The third-order valence-corrected chi connectivity index (χ3v) is 10.5. The fourth-order valence-corrected chi connectivity index (χ4v) is 8.75. The number of nitrogens with zero attached hydrogens (tertiary/aromatic N) is 3. The largest absolute Gasteiger partial charge is 0.308 e. The second kappa shape index (κ2) is 9.73. The highest BCUT2D eigenvalue weighted by Crippen LogP contribution is 2.49. The molecule has 0 radical (unpaired) electrons. The summed E-state index contributed by atoms with van der Waals surface area (Å²) in [5, 5.41) is 3.92. The zero-order valence-electron chi connectivity index (χ0n) is 22.9. The first-order chi connectivity index (χ1) is 21.3. The van der Waals surface area contributed by atoms with Gasteiger partial charge in [-0.1, -0.05) is 103 Å². The Morgan fingerprint density at radius 3 is 1.93 bits per heavy atom. The van der Waals surface area contributed by atoms with Gasteiger partial charge in [-0.3, -0.25) is 0 Å². The minimum Gasteiger partial charge on any atom is -0.308 e. The molecule has 202 valence electrons. The SMILES string of the molecule is c1ccc(-c2cc(-c3ccc4c(c3)c3sc5sc6ccccc6c5c3n4-c3ccccc3)nc(-c3ccccc3)n2)cc1.